The fourth-order valence-corrected chi connectivity index (χ4v) is 4.61. The van der Waals surface area contributed by atoms with Crippen LogP contribution < -0.4 is 20.3 Å². The van der Waals surface area contributed by atoms with Crippen LogP contribution in [0.1, 0.15) is 22.7 Å². The molecule has 2 aliphatic rings. The lowest BCUT2D eigenvalue weighted by Gasteiger charge is -2.38. The average molecular weight is 465 g/mol. The van der Waals surface area contributed by atoms with Gasteiger partial charge < -0.3 is 25.0 Å². The van der Waals surface area contributed by atoms with Crippen LogP contribution in [0, 0.1) is 13.8 Å². The number of hydrogen-bond donors (Lipinski definition) is 2. The van der Waals surface area contributed by atoms with Gasteiger partial charge in [0.2, 0.25) is 0 Å². The quantitative estimate of drug-likeness (QED) is 0.640. The maximum absolute atomic E-state index is 12.8. The fourth-order valence-electron chi connectivity index (χ4n) is 4.61. The van der Waals surface area contributed by atoms with E-state index in [4.69, 9.17) is 9.47 Å². The van der Waals surface area contributed by atoms with Crippen LogP contribution in [0.5, 0.6) is 5.75 Å². The number of piperazine rings is 1. The molecule has 1 atom stereocenters. The number of urea groups is 1. The molecule has 0 unspecified atom stereocenters. The molecular formula is C26H32N4O4. The molecule has 8 nitrogen and oxygen atoms in total. The molecule has 0 saturated carbocycles. The number of amides is 2. The lowest BCUT2D eigenvalue weighted by atomic mass is 9.94. The number of esters is 1. The van der Waals surface area contributed by atoms with Crippen LogP contribution in [0.25, 0.3) is 0 Å². The van der Waals surface area contributed by atoms with Crippen molar-refractivity contribution < 1.29 is 19.1 Å². The van der Waals surface area contributed by atoms with Gasteiger partial charge in [-0.25, -0.2) is 9.59 Å². The first-order chi connectivity index (χ1) is 16.4. The Hall–Kier alpha value is -3.52. The summed E-state index contributed by atoms with van der Waals surface area (Å²) >= 11 is 0. The van der Waals surface area contributed by atoms with Crippen molar-refractivity contribution in [2.45, 2.75) is 19.9 Å². The third-order valence-electron chi connectivity index (χ3n) is 6.66. The molecule has 1 saturated heterocycles. The van der Waals surface area contributed by atoms with Gasteiger partial charge in [-0.1, -0.05) is 24.3 Å². The Labute approximate surface area is 200 Å². The number of hydrogen-bond acceptors (Lipinski definition) is 6. The molecule has 2 aromatic rings. The highest BCUT2D eigenvalue weighted by Gasteiger charge is 2.34. The van der Waals surface area contributed by atoms with Gasteiger partial charge in [0.25, 0.3) is 0 Å². The lowest BCUT2D eigenvalue weighted by Crippen LogP contribution is -2.51. The van der Waals surface area contributed by atoms with Gasteiger partial charge in [0.1, 0.15) is 5.75 Å². The van der Waals surface area contributed by atoms with Gasteiger partial charge >= 0.3 is 12.0 Å². The summed E-state index contributed by atoms with van der Waals surface area (Å²) in [4.78, 5) is 30.0. The molecule has 0 radical (unpaired) electrons. The Kier molecular flexibility index (Phi) is 7.07. The van der Waals surface area contributed by atoms with Crippen molar-refractivity contribution in [2.75, 3.05) is 51.8 Å². The second-order valence-corrected chi connectivity index (χ2v) is 8.67. The molecular weight excluding hydrogens is 432 g/mol. The van der Waals surface area contributed by atoms with Crippen molar-refractivity contribution in [3.05, 3.63) is 70.4 Å². The van der Waals surface area contributed by atoms with Crippen molar-refractivity contribution in [2.24, 2.45) is 0 Å². The summed E-state index contributed by atoms with van der Waals surface area (Å²) in [7, 11) is 2.94. The minimum atomic E-state index is -0.623. The summed E-state index contributed by atoms with van der Waals surface area (Å²) in [5.41, 5.74) is 5.59. The van der Waals surface area contributed by atoms with Gasteiger partial charge in [-0.05, 0) is 48.7 Å². The molecule has 0 spiro atoms. The molecule has 180 valence electrons. The standard InChI is InChI=1S/C26H32N4O4/c1-17-7-5-10-22(18(17)2)30-13-11-29(12-14-30)16-21-23(25(31)34-4)24(28-26(32)27-21)19-8-6-9-20(15-19)33-3/h5-10,15,24H,11-14,16H2,1-4H3,(H2,27,28,32)/t24-/m1/s1. The van der Waals surface area contributed by atoms with Gasteiger partial charge in [0.15, 0.2) is 0 Å². The van der Waals surface area contributed by atoms with Gasteiger partial charge in [-0.15, -0.1) is 0 Å². The van der Waals surface area contributed by atoms with E-state index in [-0.39, 0.29) is 6.03 Å². The number of anilines is 1. The predicted molar refractivity (Wildman–Crippen MR) is 131 cm³/mol. The highest BCUT2D eigenvalue weighted by atomic mass is 16.5. The second kappa shape index (κ2) is 10.2. The maximum Gasteiger partial charge on any atom is 0.338 e. The smallest absolute Gasteiger partial charge is 0.338 e. The number of nitrogens with zero attached hydrogens (tertiary/aromatic N) is 2. The Morgan fingerprint density at radius 1 is 1.06 bits per heavy atom. The first-order valence-corrected chi connectivity index (χ1v) is 11.5. The summed E-state index contributed by atoms with van der Waals surface area (Å²) < 4.78 is 10.4. The van der Waals surface area contributed by atoms with Crippen molar-refractivity contribution in [1.29, 1.82) is 0 Å². The third-order valence-corrected chi connectivity index (χ3v) is 6.66. The minimum absolute atomic E-state index is 0.343. The number of aryl methyl sites for hydroxylation is 1. The summed E-state index contributed by atoms with van der Waals surface area (Å²) in [6.45, 7) is 8.13. The first-order valence-electron chi connectivity index (χ1n) is 11.5. The zero-order chi connectivity index (χ0) is 24.2. The van der Waals surface area contributed by atoms with Crippen LogP contribution in [-0.4, -0.2) is 63.8 Å². The molecule has 2 heterocycles. The minimum Gasteiger partial charge on any atom is -0.497 e. The topological polar surface area (TPSA) is 83.1 Å². The number of rotatable bonds is 6. The van der Waals surface area contributed by atoms with Crippen LogP contribution in [0.3, 0.4) is 0 Å². The largest absolute Gasteiger partial charge is 0.497 e. The fraction of sp³-hybridized carbons (Fsp3) is 0.385. The molecule has 0 aliphatic carbocycles. The van der Waals surface area contributed by atoms with Crippen LogP contribution in [0.15, 0.2) is 53.7 Å². The van der Waals surface area contributed by atoms with E-state index in [1.165, 1.54) is 23.9 Å². The monoisotopic (exact) mass is 464 g/mol. The predicted octanol–water partition coefficient (Wildman–Crippen LogP) is 2.92. The average Bonchev–Trinajstić information content (AvgIpc) is 2.85. The molecule has 8 heteroatoms. The van der Waals surface area contributed by atoms with Gasteiger partial charge in [-0.3, -0.25) is 4.90 Å². The Morgan fingerprint density at radius 2 is 1.79 bits per heavy atom. The molecule has 34 heavy (non-hydrogen) atoms. The number of ether oxygens (including phenoxy) is 2. The van der Waals surface area contributed by atoms with E-state index < -0.39 is 12.0 Å². The molecule has 2 aromatic carbocycles. The lowest BCUT2D eigenvalue weighted by molar-refractivity contribution is -0.136. The van der Waals surface area contributed by atoms with E-state index in [0.717, 1.165) is 31.7 Å². The Balaban J connectivity index is 1.56. The highest BCUT2D eigenvalue weighted by molar-refractivity contribution is 5.95. The Morgan fingerprint density at radius 3 is 2.50 bits per heavy atom. The van der Waals surface area contributed by atoms with Crippen LogP contribution in [-0.2, 0) is 9.53 Å². The van der Waals surface area contributed by atoms with Crippen LogP contribution in [0.2, 0.25) is 0 Å². The van der Waals surface area contributed by atoms with E-state index in [9.17, 15) is 9.59 Å². The molecule has 0 aromatic heterocycles. The second-order valence-electron chi connectivity index (χ2n) is 8.67. The van der Waals surface area contributed by atoms with E-state index in [2.05, 4.69) is 52.5 Å². The number of methoxy groups -OCH3 is 2. The van der Waals surface area contributed by atoms with Crippen molar-refractivity contribution in [3.63, 3.8) is 0 Å². The summed E-state index contributed by atoms with van der Waals surface area (Å²) in [5.74, 6) is 0.183. The van der Waals surface area contributed by atoms with E-state index in [0.29, 0.717) is 23.6 Å². The zero-order valence-corrected chi connectivity index (χ0v) is 20.2. The van der Waals surface area contributed by atoms with E-state index in [1.807, 2.05) is 24.3 Å². The van der Waals surface area contributed by atoms with Crippen molar-refractivity contribution in [1.82, 2.24) is 15.5 Å². The SMILES string of the molecule is COC(=O)C1=C(CN2CCN(c3cccc(C)c3C)CC2)NC(=O)N[C@@H]1c1cccc(OC)c1. The number of carbonyl (C=O) groups excluding carboxylic acids is 2. The number of carbonyl (C=O) groups is 2. The number of benzene rings is 2. The van der Waals surface area contributed by atoms with Gasteiger partial charge in [0.05, 0.1) is 25.8 Å². The van der Waals surface area contributed by atoms with Crippen LogP contribution in [0.4, 0.5) is 10.5 Å². The molecule has 2 N–H and O–H groups in total. The van der Waals surface area contributed by atoms with E-state index in [1.54, 1.807) is 7.11 Å². The molecule has 2 aliphatic heterocycles. The van der Waals surface area contributed by atoms with Gasteiger partial charge in [0, 0.05) is 44.1 Å². The summed E-state index contributed by atoms with van der Waals surface area (Å²) in [6, 6.07) is 12.8. The van der Waals surface area contributed by atoms with Crippen molar-refractivity contribution >= 4 is 17.7 Å². The van der Waals surface area contributed by atoms with Crippen molar-refractivity contribution in [3.8, 4) is 5.75 Å². The first kappa shape index (κ1) is 23.6. The normalized spacial score (nSPS) is 18.9. The molecule has 0 bridgehead atoms. The summed E-state index contributed by atoms with van der Waals surface area (Å²) in [5, 5.41) is 5.72. The molecule has 4 rings (SSSR count). The highest BCUT2D eigenvalue weighted by Crippen LogP contribution is 2.30. The zero-order valence-electron chi connectivity index (χ0n) is 20.2. The number of nitrogens with one attached hydrogen (secondary N) is 2. The summed E-state index contributed by atoms with van der Waals surface area (Å²) in [6.07, 6.45) is 0. The molecule has 2 amide bonds. The maximum atomic E-state index is 12.8. The third kappa shape index (κ3) is 4.87. The van der Waals surface area contributed by atoms with Crippen LogP contribution >= 0.6 is 0 Å². The molecule has 1 fully saturated rings. The van der Waals surface area contributed by atoms with Gasteiger partial charge in [-0.2, -0.15) is 0 Å². The Bertz CT molecular complexity index is 1110. The van der Waals surface area contributed by atoms with E-state index >= 15 is 0 Å².